The fourth-order valence-corrected chi connectivity index (χ4v) is 2.43. The molecule has 0 saturated carbocycles. The SMILES string of the molecule is CNc1cncc(Nc2ccc(N3CCCC3)cc2)n1. The van der Waals surface area contributed by atoms with E-state index in [0.717, 1.165) is 17.3 Å². The van der Waals surface area contributed by atoms with Gasteiger partial charge in [0.15, 0.2) is 5.82 Å². The maximum atomic E-state index is 4.39. The van der Waals surface area contributed by atoms with Gasteiger partial charge in [0.2, 0.25) is 0 Å². The number of rotatable bonds is 4. The highest BCUT2D eigenvalue weighted by Gasteiger charge is 2.11. The minimum Gasteiger partial charge on any atom is -0.372 e. The number of benzene rings is 1. The second-order valence-electron chi connectivity index (χ2n) is 4.91. The van der Waals surface area contributed by atoms with E-state index in [4.69, 9.17) is 0 Å². The summed E-state index contributed by atoms with van der Waals surface area (Å²) in [4.78, 5) is 10.9. The van der Waals surface area contributed by atoms with Gasteiger partial charge in [0.25, 0.3) is 0 Å². The van der Waals surface area contributed by atoms with Crippen molar-refractivity contribution in [3.63, 3.8) is 0 Å². The zero-order chi connectivity index (χ0) is 13.8. The summed E-state index contributed by atoms with van der Waals surface area (Å²) in [6.07, 6.45) is 6.01. The van der Waals surface area contributed by atoms with Crippen LogP contribution in [0.4, 0.5) is 23.0 Å². The van der Waals surface area contributed by atoms with Gasteiger partial charge in [0.1, 0.15) is 5.82 Å². The Bertz CT molecular complexity index is 561. The molecule has 1 aromatic heterocycles. The molecule has 2 N–H and O–H groups in total. The molecule has 2 aromatic rings. The summed E-state index contributed by atoms with van der Waals surface area (Å²) < 4.78 is 0. The molecular weight excluding hydrogens is 250 g/mol. The van der Waals surface area contributed by atoms with Crippen LogP contribution < -0.4 is 15.5 Å². The quantitative estimate of drug-likeness (QED) is 0.894. The van der Waals surface area contributed by atoms with Crippen LogP contribution in [0.3, 0.4) is 0 Å². The number of nitrogens with zero attached hydrogens (tertiary/aromatic N) is 3. The van der Waals surface area contributed by atoms with E-state index >= 15 is 0 Å². The van der Waals surface area contributed by atoms with E-state index in [1.54, 1.807) is 12.4 Å². The molecular formula is C15H19N5. The first-order valence-corrected chi connectivity index (χ1v) is 6.97. The lowest BCUT2D eigenvalue weighted by atomic mass is 10.2. The predicted molar refractivity (Wildman–Crippen MR) is 82.8 cm³/mol. The first kappa shape index (κ1) is 12.7. The van der Waals surface area contributed by atoms with Gasteiger partial charge in [-0.25, -0.2) is 4.98 Å². The van der Waals surface area contributed by atoms with Crippen LogP contribution in [-0.4, -0.2) is 30.1 Å². The molecule has 3 rings (SSSR count). The third kappa shape index (κ3) is 2.82. The minimum absolute atomic E-state index is 0.741. The van der Waals surface area contributed by atoms with Gasteiger partial charge in [-0.2, -0.15) is 0 Å². The molecule has 1 aliphatic rings. The average Bonchev–Trinajstić information content (AvgIpc) is 3.02. The van der Waals surface area contributed by atoms with Gasteiger partial charge in [-0.05, 0) is 37.1 Å². The van der Waals surface area contributed by atoms with E-state index in [1.807, 2.05) is 7.05 Å². The molecule has 0 bridgehead atoms. The molecule has 20 heavy (non-hydrogen) atoms. The molecule has 0 unspecified atom stereocenters. The second kappa shape index (κ2) is 5.77. The summed E-state index contributed by atoms with van der Waals surface area (Å²) >= 11 is 0. The molecule has 104 valence electrons. The summed E-state index contributed by atoms with van der Waals surface area (Å²) in [6, 6.07) is 8.48. The Morgan fingerprint density at radius 2 is 1.70 bits per heavy atom. The highest BCUT2D eigenvalue weighted by atomic mass is 15.1. The van der Waals surface area contributed by atoms with Crippen molar-refractivity contribution in [1.29, 1.82) is 0 Å². The maximum Gasteiger partial charge on any atom is 0.151 e. The molecule has 1 aromatic carbocycles. The smallest absolute Gasteiger partial charge is 0.151 e. The number of nitrogens with one attached hydrogen (secondary N) is 2. The molecule has 0 spiro atoms. The lowest BCUT2D eigenvalue weighted by Crippen LogP contribution is -2.17. The number of hydrogen-bond donors (Lipinski definition) is 2. The summed E-state index contributed by atoms with van der Waals surface area (Å²) in [5, 5.41) is 6.24. The van der Waals surface area contributed by atoms with Gasteiger partial charge < -0.3 is 15.5 Å². The van der Waals surface area contributed by atoms with E-state index in [1.165, 1.54) is 31.6 Å². The highest BCUT2D eigenvalue weighted by molar-refractivity contribution is 5.61. The van der Waals surface area contributed by atoms with Crippen molar-refractivity contribution in [2.45, 2.75) is 12.8 Å². The van der Waals surface area contributed by atoms with Crippen LogP contribution in [0, 0.1) is 0 Å². The highest BCUT2D eigenvalue weighted by Crippen LogP contribution is 2.23. The summed E-state index contributed by atoms with van der Waals surface area (Å²) in [7, 11) is 1.83. The normalized spacial score (nSPS) is 14.3. The Morgan fingerprint density at radius 1 is 1.00 bits per heavy atom. The topological polar surface area (TPSA) is 53.1 Å². The molecule has 0 radical (unpaired) electrons. The van der Waals surface area contributed by atoms with Crippen LogP contribution in [-0.2, 0) is 0 Å². The lowest BCUT2D eigenvalue weighted by Gasteiger charge is -2.17. The standard InChI is InChI=1S/C15H19N5/c1-16-14-10-17-11-15(19-14)18-12-4-6-13(7-5-12)20-8-2-3-9-20/h4-7,10-11H,2-3,8-9H2,1H3,(H2,16,18,19). The fourth-order valence-electron chi connectivity index (χ4n) is 2.43. The van der Waals surface area contributed by atoms with Crippen molar-refractivity contribution in [1.82, 2.24) is 9.97 Å². The van der Waals surface area contributed by atoms with Crippen molar-refractivity contribution in [3.8, 4) is 0 Å². The van der Waals surface area contributed by atoms with Crippen LogP contribution in [0.25, 0.3) is 0 Å². The Morgan fingerprint density at radius 3 is 2.40 bits per heavy atom. The van der Waals surface area contributed by atoms with Crippen molar-refractivity contribution in [3.05, 3.63) is 36.7 Å². The van der Waals surface area contributed by atoms with Gasteiger partial charge in [-0.1, -0.05) is 0 Å². The second-order valence-corrected chi connectivity index (χ2v) is 4.91. The van der Waals surface area contributed by atoms with Gasteiger partial charge in [0, 0.05) is 31.5 Å². The molecule has 0 atom stereocenters. The zero-order valence-electron chi connectivity index (χ0n) is 11.6. The largest absolute Gasteiger partial charge is 0.372 e. The van der Waals surface area contributed by atoms with Crippen molar-refractivity contribution in [2.75, 3.05) is 35.7 Å². The Labute approximate surface area is 119 Å². The molecule has 5 nitrogen and oxygen atoms in total. The van der Waals surface area contributed by atoms with Crippen LogP contribution in [0.5, 0.6) is 0 Å². The third-order valence-corrected chi connectivity index (χ3v) is 3.50. The van der Waals surface area contributed by atoms with E-state index in [9.17, 15) is 0 Å². The Hall–Kier alpha value is -2.30. The monoisotopic (exact) mass is 269 g/mol. The molecule has 1 saturated heterocycles. The molecule has 2 heterocycles. The zero-order valence-corrected chi connectivity index (χ0v) is 11.6. The Balaban J connectivity index is 1.71. The molecule has 0 amide bonds. The van der Waals surface area contributed by atoms with Crippen molar-refractivity contribution >= 4 is 23.0 Å². The van der Waals surface area contributed by atoms with Crippen LogP contribution >= 0.6 is 0 Å². The van der Waals surface area contributed by atoms with E-state index < -0.39 is 0 Å². The van der Waals surface area contributed by atoms with Crippen LogP contribution in [0.15, 0.2) is 36.7 Å². The number of aromatic nitrogens is 2. The predicted octanol–water partition coefficient (Wildman–Crippen LogP) is 2.86. The van der Waals surface area contributed by atoms with Gasteiger partial charge >= 0.3 is 0 Å². The van der Waals surface area contributed by atoms with Crippen LogP contribution in [0.2, 0.25) is 0 Å². The van der Waals surface area contributed by atoms with E-state index in [2.05, 4.69) is 49.8 Å². The van der Waals surface area contributed by atoms with Gasteiger partial charge in [-0.3, -0.25) is 4.98 Å². The fraction of sp³-hybridized carbons (Fsp3) is 0.333. The summed E-state index contributed by atoms with van der Waals surface area (Å²) in [5.41, 5.74) is 2.32. The Kier molecular flexibility index (Phi) is 3.67. The molecule has 1 aliphatic heterocycles. The van der Waals surface area contributed by atoms with Crippen molar-refractivity contribution in [2.24, 2.45) is 0 Å². The number of hydrogen-bond acceptors (Lipinski definition) is 5. The summed E-state index contributed by atoms with van der Waals surface area (Å²) in [5.74, 6) is 1.49. The molecule has 1 fully saturated rings. The first-order valence-electron chi connectivity index (χ1n) is 6.97. The number of anilines is 4. The van der Waals surface area contributed by atoms with E-state index in [0.29, 0.717) is 0 Å². The minimum atomic E-state index is 0.741. The van der Waals surface area contributed by atoms with Crippen LogP contribution in [0.1, 0.15) is 12.8 Å². The third-order valence-electron chi connectivity index (χ3n) is 3.50. The lowest BCUT2D eigenvalue weighted by molar-refractivity contribution is 0.949. The summed E-state index contributed by atoms with van der Waals surface area (Å²) in [6.45, 7) is 2.34. The first-order chi connectivity index (χ1) is 9.85. The van der Waals surface area contributed by atoms with Gasteiger partial charge in [0.05, 0.1) is 12.4 Å². The van der Waals surface area contributed by atoms with Crippen molar-refractivity contribution < 1.29 is 0 Å². The van der Waals surface area contributed by atoms with E-state index in [-0.39, 0.29) is 0 Å². The van der Waals surface area contributed by atoms with Gasteiger partial charge in [-0.15, -0.1) is 0 Å². The maximum absolute atomic E-state index is 4.39. The average molecular weight is 269 g/mol. The molecule has 5 heteroatoms. The molecule has 0 aliphatic carbocycles.